The first-order valence-electron chi connectivity index (χ1n) is 6.23. The molecule has 1 rings (SSSR count). The Hall–Kier alpha value is -1.07. The summed E-state index contributed by atoms with van der Waals surface area (Å²) in [5.74, 6) is -3.81. The number of benzene rings is 1. The summed E-state index contributed by atoms with van der Waals surface area (Å²) in [7, 11) is 0. The Morgan fingerprint density at radius 2 is 1.74 bits per heavy atom. The molecule has 19 heavy (non-hydrogen) atoms. The topological polar surface area (TPSA) is 32.3 Å². The van der Waals surface area contributed by atoms with Crippen molar-refractivity contribution in [2.75, 3.05) is 6.54 Å². The molecule has 0 radical (unpaired) electrons. The standard InChI is InChI=1S/C14H20F3NO/c1-9(19)6-14(2,3)8-18-7-10-4-11(15)13(17)12(16)5-10/h4-5,9,18-19H,6-8H2,1-3H3. The van der Waals surface area contributed by atoms with Crippen molar-refractivity contribution in [1.29, 1.82) is 0 Å². The van der Waals surface area contributed by atoms with E-state index in [9.17, 15) is 18.3 Å². The summed E-state index contributed by atoms with van der Waals surface area (Å²) in [4.78, 5) is 0. The molecule has 0 bridgehead atoms. The van der Waals surface area contributed by atoms with Crippen LogP contribution in [0, 0.1) is 22.9 Å². The molecule has 108 valence electrons. The Morgan fingerprint density at radius 3 is 2.21 bits per heavy atom. The van der Waals surface area contributed by atoms with Gasteiger partial charge in [0.1, 0.15) is 0 Å². The lowest BCUT2D eigenvalue weighted by Crippen LogP contribution is -2.31. The average molecular weight is 275 g/mol. The fourth-order valence-electron chi connectivity index (χ4n) is 2.13. The van der Waals surface area contributed by atoms with E-state index in [1.165, 1.54) is 0 Å². The van der Waals surface area contributed by atoms with Crippen LogP contribution in [0.3, 0.4) is 0 Å². The average Bonchev–Trinajstić information content (AvgIpc) is 2.23. The van der Waals surface area contributed by atoms with Crippen LogP contribution in [0.1, 0.15) is 32.8 Å². The zero-order valence-corrected chi connectivity index (χ0v) is 11.4. The Morgan fingerprint density at radius 1 is 1.21 bits per heavy atom. The molecule has 0 saturated carbocycles. The van der Waals surface area contributed by atoms with Crippen LogP contribution in [0.4, 0.5) is 13.2 Å². The number of rotatable bonds is 6. The lowest BCUT2D eigenvalue weighted by Gasteiger charge is -2.26. The highest BCUT2D eigenvalue weighted by Crippen LogP contribution is 2.21. The Bertz CT molecular complexity index is 410. The monoisotopic (exact) mass is 275 g/mol. The first-order chi connectivity index (χ1) is 8.71. The minimum atomic E-state index is -1.45. The van der Waals surface area contributed by atoms with Crippen LogP contribution in [0.15, 0.2) is 12.1 Å². The van der Waals surface area contributed by atoms with Gasteiger partial charge in [-0.05, 0) is 36.5 Å². The molecule has 0 aliphatic carbocycles. The number of hydrogen-bond donors (Lipinski definition) is 2. The molecule has 1 aromatic carbocycles. The highest BCUT2D eigenvalue weighted by Gasteiger charge is 2.20. The van der Waals surface area contributed by atoms with Gasteiger partial charge in [-0.25, -0.2) is 13.2 Å². The molecule has 1 unspecified atom stereocenters. The number of aliphatic hydroxyl groups is 1. The summed E-state index contributed by atoms with van der Waals surface area (Å²) < 4.78 is 38.8. The molecule has 0 amide bonds. The van der Waals surface area contributed by atoms with Gasteiger partial charge in [0, 0.05) is 13.1 Å². The summed E-state index contributed by atoms with van der Waals surface area (Å²) in [5.41, 5.74) is 0.218. The van der Waals surface area contributed by atoms with Crippen LogP contribution in [-0.4, -0.2) is 17.8 Å². The van der Waals surface area contributed by atoms with E-state index in [4.69, 9.17) is 0 Å². The van der Waals surface area contributed by atoms with Gasteiger partial charge in [0.25, 0.3) is 0 Å². The third kappa shape index (κ3) is 5.20. The van der Waals surface area contributed by atoms with Gasteiger partial charge in [-0.15, -0.1) is 0 Å². The van der Waals surface area contributed by atoms with Gasteiger partial charge in [-0.3, -0.25) is 0 Å². The maximum absolute atomic E-state index is 13.0. The van der Waals surface area contributed by atoms with E-state index in [2.05, 4.69) is 5.32 Å². The Labute approximate surface area is 111 Å². The fourth-order valence-corrected chi connectivity index (χ4v) is 2.13. The molecule has 0 aliphatic rings. The van der Waals surface area contributed by atoms with Crippen molar-refractivity contribution in [3.8, 4) is 0 Å². The van der Waals surface area contributed by atoms with E-state index in [-0.39, 0.29) is 12.0 Å². The molecule has 0 heterocycles. The number of hydrogen-bond acceptors (Lipinski definition) is 2. The van der Waals surface area contributed by atoms with Gasteiger partial charge in [-0.2, -0.15) is 0 Å². The molecule has 1 atom stereocenters. The van der Waals surface area contributed by atoms with Gasteiger partial charge >= 0.3 is 0 Å². The second kappa shape index (κ2) is 6.39. The molecular formula is C14H20F3NO. The fraction of sp³-hybridized carbons (Fsp3) is 0.571. The summed E-state index contributed by atoms with van der Waals surface area (Å²) in [5, 5.41) is 12.4. The lowest BCUT2D eigenvalue weighted by atomic mass is 9.87. The third-order valence-electron chi connectivity index (χ3n) is 2.82. The molecule has 0 aromatic heterocycles. The van der Waals surface area contributed by atoms with Gasteiger partial charge < -0.3 is 10.4 Å². The van der Waals surface area contributed by atoms with Crippen LogP contribution in [0.2, 0.25) is 0 Å². The van der Waals surface area contributed by atoms with E-state index in [1.807, 2.05) is 13.8 Å². The van der Waals surface area contributed by atoms with Crippen molar-refractivity contribution in [2.24, 2.45) is 5.41 Å². The zero-order chi connectivity index (χ0) is 14.6. The van der Waals surface area contributed by atoms with Crippen molar-refractivity contribution in [3.05, 3.63) is 35.1 Å². The van der Waals surface area contributed by atoms with Crippen molar-refractivity contribution >= 4 is 0 Å². The number of halogens is 3. The molecule has 2 N–H and O–H groups in total. The highest BCUT2D eigenvalue weighted by molar-refractivity contribution is 5.19. The second-order valence-corrected chi connectivity index (χ2v) is 5.69. The predicted molar refractivity (Wildman–Crippen MR) is 68.1 cm³/mol. The van der Waals surface area contributed by atoms with Crippen LogP contribution in [-0.2, 0) is 6.54 Å². The summed E-state index contributed by atoms with van der Waals surface area (Å²) in [6.45, 7) is 6.51. The minimum absolute atomic E-state index is 0.134. The van der Waals surface area contributed by atoms with Crippen molar-refractivity contribution < 1.29 is 18.3 Å². The Kier molecular flexibility index (Phi) is 5.38. The first kappa shape index (κ1) is 16.0. The van der Waals surface area contributed by atoms with Crippen molar-refractivity contribution in [1.82, 2.24) is 5.32 Å². The van der Waals surface area contributed by atoms with Gasteiger partial charge in [-0.1, -0.05) is 13.8 Å². The van der Waals surface area contributed by atoms with E-state index >= 15 is 0 Å². The molecule has 0 aliphatic heterocycles. The molecular weight excluding hydrogens is 255 g/mol. The first-order valence-corrected chi connectivity index (χ1v) is 6.23. The maximum atomic E-state index is 13.0. The molecule has 0 spiro atoms. The predicted octanol–water partition coefficient (Wildman–Crippen LogP) is 2.99. The normalized spacial score (nSPS) is 13.6. The maximum Gasteiger partial charge on any atom is 0.194 e. The quantitative estimate of drug-likeness (QED) is 0.782. The van der Waals surface area contributed by atoms with Gasteiger partial charge in [0.2, 0.25) is 0 Å². The van der Waals surface area contributed by atoms with Crippen LogP contribution in [0.25, 0.3) is 0 Å². The largest absolute Gasteiger partial charge is 0.393 e. The van der Waals surface area contributed by atoms with Crippen LogP contribution < -0.4 is 5.32 Å². The molecule has 5 heteroatoms. The van der Waals surface area contributed by atoms with E-state index in [1.54, 1.807) is 6.92 Å². The summed E-state index contributed by atoms with van der Waals surface area (Å²) in [6.07, 6.45) is 0.212. The summed E-state index contributed by atoms with van der Waals surface area (Å²) in [6, 6.07) is 1.96. The van der Waals surface area contributed by atoms with Crippen LogP contribution >= 0.6 is 0 Å². The smallest absolute Gasteiger partial charge is 0.194 e. The number of aliphatic hydroxyl groups excluding tert-OH is 1. The van der Waals surface area contributed by atoms with Crippen LogP contribution in [0.5, 0.6) is 0 Å². The third-order valence-corrected chi connectivity index (χ3v) is 2.82. The molecule has 2 nitrogen and oxygen atoms in total. The SMILES string of the molecule is CC(O)CC(C)(C)CNCc1cc(F)c(F)c(F)c1. The van der Waals surface area contributed by atoms with Crippen molar-refractivity contribution in [2.45, 2.75) is 39.8 Å². The number of nitrogens with one attached hydrogen (secondary N) is 1. The van der Waals surface area contributed by atoms with E-state index < -0.39 is 23.6 Å². The second-order valence-electron chi connectivity index (χ2n) is 5.69. The van der Waals surface area contributed by atoms with Gasteiger partial charge in [0.15, 0.2) is 17.5 Å². The Balaban J connectivity index is 2.54. The molecule has 1 aromatic rings. The molecule has 0 saturated heterocycles. The summed E-state index contributed by atoms with van der Waals surface area (Å²) >= 11 is 0. The lowest BCUT2D eigenvalue weighted by molar-refractivity contribution is 0.128. The van der Waals surface area contributed by atoms with Crippen molar-refractivity contribution in [3.63, 3.8) is 0 Å². The minimum Gasteiger partial charge on any atom is -0.393 e. The highest BCUT2D eigenvalue weighted by atomic mass is 19.2. The van der Waals surface area contributed by atoms with E-state index in [0.717, 1.165) is 12.1 Å². The molecule has 0 fully saturated rings. The van der Waals surface area contributed by atoms with Gasteiger partial charge in [0.05, 0.1) is 6.10 Å². The van der Waals surface area contributed by atoms with E-state index in [0.29, 0.717) is 18.5 Å². The zero-order valence-electron chi connectivity index (χ0n) is 11.4.